The third-order valence-electron chi connectivity index (χ3n) is 5.58. The number of carbonyl (C=O) groups is 3. The Labute approximate surface area is 228 Å². The van der Waals surface area contributed by atoms with Crippen molar-refractivity contribution in [2.75, 3.05) is 6.54 Å². The molecule has 2 aromatic rings. The Morgan fingerprint density at radius 2 is 1.59 bits per heavy atom. The number of rotatable bonds is 16. The van der Waals surface area contributed by atoms with Crippen LogP contribution in [0.4, 0.5) is 0 Å². The lowest BCUT2D eigenvalue weighted by Crippen LogP contribution is -2.34. The van der Waals surface area contributed by atoms with Crippen LogP contribution >= 0.6 is 23.2 Å². The molecule has 2 N–H and O–H groups in total. The van der Waals surface area contributed by atoms with Crippen molar-refractivity contribution >= 4 is 47.2 Å². The minimum absolute atomic E-state index is 0.141. The average Bonchev–Trinajstić information content (AvgIpc) is 2.86. The summed E-state index contributed by atoms with van der Waals surface area (Å²) in [5.41, 5.74) is 3.16. The maximum Gasteiger partial charge on any atom is 0.345 e. The van der Waals surface area contributed by atoms with E-state index >= 15 is 0 Å². The van der Waals surface area contributed by atoms with Gasteiger partial charge in [0.15, 0.2) is 0 Å². The van der Waals surface area contributed by atoms with Gasteiger partial charge in [-0.2, -0.15) is 5.10 Å². The van der Waals surface area contributed by atoms with Crippen molar-refractivity contribution in [2.24, 2.45) is 5.10 Å². The van der Waals surface area contributed by atoms with E-state index in [-0.39, 0.29) is 28.8 Å². The van der Waals surface area contributed by atoms with Crippen molar-refractivity contribution in [3.8, 4) is 5.75 Å². The number of hydrogen-bond acceptors (Lipinski definition) is 5. The first-order valence-electron chi connectivity index (χ1n) is 12.7. The molecule has 0 aliphatic rings. The van der Waals surface area contributed by atoms with E-state index in [0.717, 1.165) is 19.3 Å². The highest BCUT2D eigenvalue weighted by atomic mass is 35.5. The molecule has 0 aromatic heterocycles. The highest BCUT2D eigenvalue weighted by Gasteiger charge is 2.13. The molecular formula is C28H35Cl2N3O4. The van der Waals surface area contributed by atoms with Gasteiger partial charge in [-0.3, -0.25) is 9.59 Å². The fraction of sp³-hybridized carbons (Fsp3) is 0.429. The van der Waals surface area contributed by atoms with Gasteiger partial charge < -0.3 is 10.1 Å². The first kappa shape index (κ1) is 30.3. The largest absolute Gasteiger partial charge is 0.423 e. The number of unbranched alkanes of at least 4 members (excludes halogenated alkanes) is 8. The highest BCUT2D eigenvalue weighted by Crippen LogP contribution is 2.23. The van der Waals surface area contributed by atoms with Crippen molar-refractivity contribution < 1.29 is 19.1 Å². The van der Waals surface area contributed by atoms with Gasteiger partial charge >= 0.3 is 5.97 Å². The molecule has 0 spiro atoms. The summed E-state index contributed by atoms with van der Waals surface area (Å²) in [6, 6.07) is 11.1. The molecule has 2 amide bonds. The number of carbonyl (C=O) groups excluding carboxylic acids is 3. The first-order valence-corrected chi connectivity index (χ1v) is 13.5. The quantitative estimate of drug-likeness (QED) is 0.0802. The molecular weight excluding hydrogens is 513 g/mol. The van der Waals surface area contributed by atoms with Crippen LogP contribution in [0, 0.1) is 0 Å². The smallest absolute Gasteiger partial charge is 0.345 e. The average molecular weight is 549 g/mol. The molecule has 0 radical (unpaired) electrons. The van der Waals surface area contributed by atoms with Crippen LogP contribution in [0.15, 0.2) is 47.6 Å². The normalized spacial score (nSPS) is 10.9. The second-order valence-electron chi connectivity index (χ2n) is 8.73. The van der Waals surface area contributed by atoms with Crippen LogP contribution in [0.1, 0.15) is 87.1 Å². The van der Waals surface area contributed by atoms with Gasteiger partial charge in [-0.15, -0.1) is 0 Å². The van der Waals surface area contributed by atoms with Crippen molar-refractivity contribution in [1.82, 2.24) is 10.7 Å². The van der Waals surface area contributed by atoms with Crippen LogP contribution in [0.5, 0.6) is 5.75 Å². The van der Waals surface area contributed by atoms with Gasteiger partial charge in [-0.05, 0) is 42.3 Å². The molecule has 0 heterocycles. The maximum atomic E-state index is 12.4. The molecule has 2 aromatic carbocycles. The monoisotopic (exact) mass is 547 g/mol. The molecule has 0 aliphatic heterocycles. The van der Waals surface area contributed by atoms with Gasteiger partial charge in [0.25, 0.3) is 5.91 Å². The molecule has 0 unspecified atom stereocenters. The number of halogens is 2. The van der Waals surface area contributed by atoms with Crippen LogP contribution in [0.25, 0.3) is 0 Å². The zero-order chi connectivity index (χ0) is 26.9. The molecule has 0 atom stereocenters. The van der Waals surface area contributed by atoms with E-state index in [9.17, 15) is 14.4 Å². The minimum atomic E-state index is -0.623. The SMILES string of the molecule is CCCCCCCCCCCC(=O)NCC(=O)N/N=C\c1cccc(OC(=O)c2ccc(Cl)cc2Cl)c1. The number of ether oxygens (including phenoxy) is 1. The molecule has 0 bridgehead atoms. The summed E-state index contributed by atoms with van der Waals surface area (Å²) in [5.74, 6) is -0.911. The number of nitrogens with one attached hydrogen (secondary N) is 2. The zero-order valence-corrected chi connectivity index (χ0v) is 22.7. The Morgan fingerprint density at radius 1 is 0.892 bits per heavy atom. The van der Waals surface area contributed by atoms with Crippen LogP contribution in [0.3, 0.4) is 0 Å². The summed E-state index contributed by atoms with van der Waals surface area (Å²) in [6.45, 7) is 2.07. The number of hydrogen-bond donors (Lipinski definition) is 2. The van der Waals surface area contributed by atoms with Crippen molar-refractivity contribution in [2.45, 2.75) is 71.1 Å². The molecule has 37 heavy (non-hydrogen) atoms. The fourth-order valence-electron chi connectivity index (χ4n) is 3.56. The molecule has 200 valence electrons. The molecule has 7 nitrogen and oxygen atoms in total. The maximum absolute atomic E-state index is 12.4. The Balaban J connectivity index is 1.65. The lowest BCUT2D eigenvalue weighted by molar-refractivity contribution is -0.126. The van der Waals surface area contributed by atoms with Crippen molar-refractivity contribution in [3.63, 3.8) is 0 Å². The second-order valence-corrected chi connectivity index (χ2v) is 9.58. The van der Waals surface area contributed by atoms with Crippen molar-refractivity contribution in [3.05, 3.63) is 63.6 Å². The van der Waals surface area contributed by atoms with Gasteiger partial charge in [-0.1, -0.05) is 93.6 Å². The lowest BCUT2D eigenvalue weighted by Gasteiger charge is -2.07. The van der Waals surface area contributed by atoms with Gasteiger partial charge in [0.05, 0.1) is 23.3 Å². The Morgan fingerprint density at radius 3 is 2.30 bits per heavy atom. The summed E-state index contributed by atoms with van der Waals surface area (Å²) in [7, 11) is 0. The molecule has 0 saturated carbocycles. The number of benzene rings is 2. The van der Waals surface area contributed by atoms with Crippen LogP contribution < -0.4 is 15.5 Å². The summed E-state index contributed by atoms with van der Waals surface area (Å²) < 4.78 is 5.36. The molecule has 2 rings (SSSR count). The number of esters is 1. The van der Waals surface area contributed by atoms with Crippen molar-refractivity contribution in [1.29, 1.82) is 0 Å². The first-order chi connectivity index (χ1) is 17.9. The van der Waals surface area contributed by atoms with E-state index in [1.165, 1.54) is 56.9 Å². The topological polar surface area (TPSA) is 96.9 Å². The third kappa shape index (κ3) is 12.8. The standard InChI is InChI=1S/C28H35Cl2N3O4/c1-2-3-4-5-6-7-8-9-10-14-26(34)31-20-27(35)33-32-19-21-12-11-13-23(17-21)37-28(36)24-16-15-22(29)18-25(24)30/h11-13,15-19H,2-10,14,20H2,1H3,(H,31,34)(H,33,35)/b32-19-. The molecule has 0 saturated heterocycles. The van der Waals surface area contributed by atoms with Gasteiger partial charge in [0, 0.05) is 11.4 Å². The zero-order valence-electron chi connectivity index (χ0n) is 21.2. The van der Waals surface area contributed by atoms with E-state index in [2.05, 4.69) is 22.8 Å². The third-order valence-corrected chi connectivity index (χ3v) is 6.12. The predicted molar refractivity (Wildman–Crippen MR) is 148 cm³/mol. The van der Waals surface area contributed by atoms with Gasteiger partial charge in [-0.25, -0.2) is 10.2 Å². The van der Waals surface area contributed by atoms with Crippen LogP contribution in [-0.4, -0.2) is 30.5 Å². The molecule has 0 aliphatic carbocycles. The highest BCUT2D eigenvalue weighted by molar-refractivity contribution is 6.36. The predicted octanol–water partition coefficient (Wildman–Crippen LogP) is 6.70. The van der Waals surface area contributed by atoms with E-state index in [0.29, 0.717) is 17.0 Å². The summed E-state index contributed by atoms with van der Waals surface area (Å²) in [5, 5.41) is 7.11. The van der Waals surface area contributed by atoms with Crippen LogP contribution in [-0.2, 0) is 9.59 Å². The van der Waals surface area contributed by atoms with E-state index in [1.54, 1.807) is 30.3 Å². The van der Waals surface area contributed by atoms with E-state index in [4.69, 9.17) is 27.9 Å². The summed E-state index contributed by atoms with van der Waals surface area (Å²) >= 11 is 11.9. The van der Waals surface area contributed by atoms with E-state index < -0.39 is 11.9 Å². The summed E-state index contributed by atoms with van der Waals surface area (Å²) in [6.07, 6.45) is 12.5. The Hall–Kier alpha value is -2.90. The minimum Gasteiger partial charge on any atom is -0.423 e. The number of amides is 2. The second kappa shape index (κ2) is 17.5. The molecule has 0 fully saturated rings. The lowest BCUT2D eigenvalue weighted by atomic mass is 10.1. The van der Waals surface area contributed by atoms with Gasteiger partial charge in [0.2, 0.25) is 5.91 Å². The Bertz CT molecular complexity index is 1060. The van der Waals surface area contributed by atoms with Crippen LogP contribution in [0.2, 0.25) is 10.0 Å². The van der Waals surface area contributed by atoms with Gasteiger partial charge in [0.1, 0.15) is 5.75 Å². The summed E-state index contributed by atoms with van der Waals surface area (Å²) in [4.78, 5) is 36.3. The number of nitrogens with zero attached hydrogens (tertiary/aromatic N) is 1. The fourth-order valence-corrected chi connectivity index (χ4v) is 4.04. The van der Waals surface area contributed by atoms with E-state index in [1.807, 2.05) is 0 Å². The molecule has 9 heteroatoms. The Kier molecular flexibility index (Phi) is 14.4. The number of hydrazone groups is 1.